The van der Waals surface area contributed by atoms with Gasteiger partial charge in [-0.1, -0.05) is 39.0 Å². The van der Waals surface area contributed by atoms with Gasteiger partial charge in [0.25, 0.3) is 5.56 Å². The predicted molar refractivity (Wildman–Crippen MR) is 125 cm³/mol. The number of halogens is 1. The Hall–Kier alpha value is -1.61. The van der Waals surface area contributed by atoms with Gasteiger partial charge in [-0.15, -0.1) is 0 Å². The van der Waals surface area contributed by atoms with Crippen LogP contribution in [0.1, 0.15) is 82.9 Å². The molecular formula is C23H37FN2O5S. The highest BCUT2D eigenvalue weighted by Crippen LogP contribution is 2.30. The molecular weight excluding hydrogens is 435 g/mol. The van der Waals surface area contributed by atoms with E-state index in [1.165, 1.54) is 54.4 Å². The number of thioether (sulfide) groups is 1. The molecule has 0 aromatic carbocycles. The SMILES string of the molecule is CCCCCSCCCCCCCC(=O)OC[C@H]1O[C@@H](n2cc(C)c(=O)[nH]c2=O)C[C@@H]1F. The van der Waals surface area contributed by atoms with Crippen molar-refractivity contribution in [2.75, 3.05) is 18.1 Å². The first-order valence-electron chi connectivity index (χ1n) is 11.8. The normalized spacial score (nSPS) is 20.5. The number of esters is 1. The van der Waals surface area contributed by atoms with E-state index in [1.54, 1.807) is 6.92 Å². The van der Waals surface area contributed by atoms with E-state index < -0.39 is 29.8 Å². The Morgan fingerprint density at radius 1 is 1.19 bits per heavy atom. The molecule has 9 heteroatoms. The van der Waals surface area contributed by atoms with E-state index in [4.69, 9.17) is 9.47 Å². The highest BCUT2D eigenvalue weighted by molar-refractivity contribution is 7.99. The molecule has 1 N–H and O–H groups in total. The van der Waals surface area contributed by atoms with Crippen LogP contribution in [-0.2, 0) is 14.3 Å². The molecule has 2 heterocycles. The van der Waals surface area contributed by atoms with Gasteiger partial charge in [0, 0.05) is 24.6 Å². The van der Waals surface area contributed by atoms with Crippen molar-refractivity contribution in [3.8, 4) is 0 Å². The maximum atomic E-state index is 14.3. The third-order valence-electron chi connectivity index (χ3n) is 5.59. The van der Waals surface area contributed by atoms with Crippen molar-refractivity contribution in [2.24, 2.45) is 0 Å². The smallest absolute Gasteiger partial charge is 0.330 e. The molecule has 0 aliphatic carbocycles. The van der Waals surface area contributed by atoms with Crippen LogP contribution in [0.3, 0.4) is 0 Å². The summed E-state index contributed by atoms with van der Waals surface area (Å²) in [5.41, 5.74) is -0.789. The van der Waals surface area contributed by atoms with Crippen molar-refractivity contribution in [3.05, 3.63) is 32.6 Å². The second kappa shape index (κ2) is 14.5. The third-order valence-corrected chi connectivity index (χ3v) is 6.74. The first-order chi connectivity index (χ1) is 15.4. The number of hydrogen-bond acceptors (Lipinski definition) is 6. The largest absolute Gasteiger partial charge is 0.463 e. The number of alkyl halides is 1. The topological polar surface area (TPSA) is 90.4 Å². The molecule has 1 fully saturated rings. The van der Waals surface area contributed by atoms with E-state index in [0.717, 1.165) is 19.3 Å². The van der Waals surface area contributed by atoms with Gasteiger partial charge in [-0.3, -0.25) is 19.1 Å². The molecule has 0 radical (unpaired) electrons. The van der Waals surface area contributed by atoms with Crippen molar-refractivity contribution in [1.29, 1.82) is 0 Å². The molecule has 7 nitrogen and oxygen atoms in total. The Morgan fingerprint density at radius 3 is 2.62 bits per heavy atom. The number of hydrogen-bond donors (Lipinski definition) is 1. The van der Waals surface area contributed by atoms with E-state index >= 15 is 0 Å². The number of carbonyl (C=O) groups is 1. The number of aromatic amines is 1. The van der Waals surface area contributed by atoms with Crippen LogP contribution in [0.4, 0.5) is 4.39 Å². The monoisotopic (exact) mass is 472 g/mol. The summed E-state index contributed by atoms with van der Waals surface area (Å²) in [5, 5.41) is 0. The number of rotatable bonds is 15. The first kappa shape index (κ1) is 26.6. The summed E-state index contributed by atoms with van der Waals surface area (Å²) >= 11 is 2.03. The van der Waals surface area contributed by atoms with Crippen LogP contribution in [0.25, 0.3) is 0 Å². The van der Waals surface area contributed by atoms with E-state index in [0.29, 0.717) is 12.0 Å². The Morgan fingerprint density at radius 2 is 1.88 bits per heavy atom. The highest BCUT2D eigenvalue weighted by atomic mass is 32.2. The van der Waals surface area contributed by atoms with Crippen LogP contribution in [0.15, 0.2) is 15.8 Å². The zero-order chi connectivity index (χ0) is 23.3. The summed E-state index contributed by atoms with van der Waals surface area (Å²) in [7, 11) is 0. The van der Waals surface area contributed by atoms with Gasteiger partial charge in [-0.2, -0.15) is 11.8 Å². The van der Waals surface area contributed by atoms with Gasteiger partial charge in [0.05, 0.1) is 0 Å². The number of carbonyl (C=O) groups excluding carboxylic acids is 1. The van der Waals surface area contributed by atoms with Crippen molar-refractivity contribution in [3.63, 3.8) is 0 Å². The predicted octanol–water partition coefficient (Wildman–Crippen LogP) is 4.28. The molecule has 3 atom stereocenters. The molecule has 0 unspecified atom stereocenters. The van der Waals surface area contributed by atoms with Crippen molar-refractivity contribution < 1.29 is 18.7 Å². The highest BCUT2D eigenvalue weighted by Gasteiger charge is 2.37. The van der Waals surface area contributed by atoms with Gasteiger partial charge in [-0.25, -0.2) is 9.18 Å². The lowest BCUT2D eigenvalue weighted by molar-refractivity contribution is -0.149. The average molecular weight is 473 g/mol. The Bertz CT molecular complexity index is 812. The second-order valence-electron chi connectivity index (χ2n) is 8.38. The minimum absolute atomic E-state index is 0.0372. The molecule has 1 aliphatic rings. The van der Waals surface area contributed by atoms with E-state index in [-0.39, 0.29) is 19.0 Å². The second-order valence-corrected chi connectivity index (χ2v) is 9.60. The molecule has 1 aromatic rings. The molecule has 1 aromatic heterocycles. The number of nitrogens with one attached hydrogen (secondary N) is 1. The van der Waals surface area contributed by atoms with Crippen LogP contribution in [0.2, 0.25) is 0 Å². The number of unbranched alkanes of at least 4 members (excludes halogenated alkanes) is 6. The lowest BCUT2D eigenvalue weighted by Gasteiger charge is -2.16. The molecule has 0 bridgehead atoms. The van der Waals surface area contributed by atoms with Gasteiger partial charge in [0.2, 0.25) is 0 Å². The number of nitrogens with zero attached hydrogens (tertiary/aromatic N) is 1. The van der Waals surface area contributed by atoms with Crippen LogP contribution in [-0.4, -0.2) is 45.9 Å². The van der Waals surface area contributed by atoms with Crippen LogP contribution in [0, 0.1) is 6.92 Å². The molecule has 2 rings (SSSR count). The van der Waals surface area contributed by atoms with Gasteiger partial charge in [0.1, 0.15) is 25.1 Å². The van der Waals surface area contributed by atoms with Crippen LogP contribution >= 0.6 is 11.8 Å². The minimum atomic E-state index is -1.35. The fourth-order valence-electron chi connectivity index (χ4n) is 3.62. The maximum absolute atomic E-state index is 14.3. The van der Waals surface area contributed by atoms with E-state index in [1.807, 2.05) is 11.8 Å². The Kier molecular flexibility index (Phi) is 12.1. The summed E-state index contributed by atoms with van der Waals surface area (Å²) in [6, 6.07) is 0. The first-order valence-corrected chi connectivity index (χ1v) is 12.9. The van der Waals surface area contributed by atoms with Gasteiger partial charge in [-0.05, 0) is 37.7 Å². The third kappa shape index (κ3) is 9.10. The molecule has 182 valence electrons. The minimum Gasteiger partial charge on any atom is -0.463 e. The fourth-order valence-corrected chi connectivity index (χ4v) is 4.64. The van der Waals surface area contributed by atoms with Crippen molar-refractivity contribution >= 4 is 17.7 Å². The lowest BCUT2D eigenvalue weighted by Crippen LogP contribution is -2.33. The van der Waals surface area contributed by atoms with Crippen LogP contribution < -0.4 is 11.2 Å². The van der Waals surface area contributed by atoms with Crippen molar-refractivity contribution in [1.82, 2.24) is 9.55 Å². The van der Waals surface area contributed by atoms with Gasteiger partial charge >= 0.3 is 11.7 Å². The Labute approximate surface area is 193 Å². The summed E-state index contributed by atoms with van der Waals surface area (Å²) < 4.78 is 26.3. The van der Waals surface area contributed by atoms with Crippen molar-refractivity contribution in [2.45, 2.75) is 96.6 Å². The summed E-state index contributed by atoms with van der Waals surface area (Å²) in [6.07, 6.45) is 7.68. The fraction of sp³-hybridized carbons (Fsp3) is 0.783. The summed E-state index contributed by atoms with van der Waals surface area (Å²) in [6.45, 7) is 3.60. The number of ether oxygens (including phenoxy) is 2. The molecule has 32 heavy (non-hydrogen) atoms. The molecule has 1 saturated heterocycles. The summed E-state index contributed by atoms with van der Waals surface area (Å²) in [5.74, 6) is 2.11. The van der Waals surface area contributed by atoms with Crippen LogP contribution in [0.5, 0.6) is 0 Å². The van der Waals surface area contributed by atoms with Gasteiger partial charge < -0.3 is 9.47 Å². The summed E-state index contributed by atoms with van der Waals surface area (Å²) in [4.78, 5) is 37.6. The molecule has 0 spiro atoms. The number of aryl methyl sites for hydroxylation is 1. The number of H-pyrrole nitrogens is 1. The maximum Gasteiger partial charge on any atom is 0.330 e. The average Bonchev–Trinajstić information content (AvgIpc) is 3.13. The van der Waals surface area contributed by atoms with Gasteiger partial charge in [0.15, 0.2) is 0 Å². The lowest BCUT2D eigenvalue weighted by atomic mass is 10.1. The zero-order valence-electron chi connectivity index (χ0n) is 19.3. The van der Waals surface area contributed by atoms with E-state index in [2.05, 4.69) is 11.9 Å². The quantitative estimate of drug-likeness (QED) is 0.303. The molecule has 0 saturated carbocycles. The standard InChI is InChI=1S/C23H37FN2O5S/c1-3-4-9-12-32-13-10-7-5-6-8-11-21(27)30-16-19-18(24)14-20(31-19)26-15-17(2)22(28)25-23(26)29/h15,18-20H,3-14,16H2,1-2H3,(H,25,28,29)/t18-,19+,20+/m0/s1. The van der Waals surface area contributed by atoms with E-state index in [9.17, 15) is 18.8 Å². The Balaban J connectivity index is 1.57. The zero-order valence-corrected chi connectivity index (χ0v) is 20.1. The molecule has 0 amide bonds. The molecule has 1 aliphatic heterocycles. The number of aromatic nitrogens is 2.